The second-order valence-electron chi connectivity index (χ2n) is 4.04. The standard InChI is InChI=1S/C14H17N3O2S/c1-2-20-10-9-19-14(18)12-7-8-17(16-12)13-6-4-3-5-11(13)15/h3-8H,2,9-10,15H2,1H3. The van der Waals surface area contributed by atoms with Crippen LogP contribution in [0.2, 0.25) is 0 Å². The molecule has 1 aromatic heterocycles. The van der Waals surface area contributed by atoms with E-state index in [4.69, 9.17) is 10.5 Å². The topological polar surface area (TPSA) is 70.1 Å². The Bertz CT molecular complexity index is 583. The fourth-order valence-corrected chi connectivity index (χ4v) is 2.16. The molecule has 20 heavy (non-hydrogen) atoms. The predicted octanol–water partition coefficient (Wildman–Crippen LogP) is 2.36. The van der Waals surface area contributed by atoms with Crippen LogP contribution in [0.25, 0.3) is 5.69 Å². The summed E-state index contributed by atoms with van der Waals surface area (Å²) >= 11 is 1.73. The average Bonchev–Trinajstić information content (AvgIpc) is 2.93. The predicted molar refractivity (Wildman–Crippen MR) is 81.3 cm³/mol. The third-order valence-electron chi connectivity index (χ3n) is 2.65. The molecule has 0 aliphatic rings. The number of hydrogen-bond acceptors (Lipinski definition) is 5. The summed E-state index contributed by atoms with van der Waals surface area (Å²) in [5.74, 6) is 1.41. The summed E-state index contributed by atoms with van der Waals surface area (Å²) in [6, 6.07) is 8.98. The van der Waals surface area contributed by atoms with Gasteiger partial charge in [-0.2, -0.15) is 16.9 Å². The molecule has 0 bridgehead atoms. The average molecular weight is 291 g/mol. The van der Waals surface area contributed by atoms with Crippen LogP contribution in [0.5, 0.6) is 0 Å². The van der Waals surface area contributed by atoms with E-state index in [-0.39, 0.29) is 5.69 Å². The van der Waals surface area contributed by atoms with Gasteiger partial charge in [-0.15, -0.1) is 0 Å². The van der Waals surface area contributed by atoms with Crippen molar-refractivity contribution in [3.05, 3.63) is 42.2 Å². The number of hydrogen-bond donors (Lipinski definition) is 1. The highest BCUT2D eigenvalue weighted by Gasteiger charge is 2.12. The number of aromatic nitrogens is 2. The molecule has 2 rings (SSSR count). The van der Waals surface area contributed by atoms with Crippen LogP contribution in [0.1, 0.15) is 17.4 Å². The molecular formula is C14H17N3O2S. The molecule has 0 fully saturated rings. The molecule has 2 N–H and O–H groups in total. The summed E-state index contributed by atoms with van der Waals surface area (Å²) in [6.07, 6.45) is 1.70. The fourth-order valence-electron chi connectivity index (χ4n) is 1.67. The van der Waals surface area contributed by atoms with Crippen molar-refractivity contribution in [2.75, 3.05) is 23.8 Å². The van der Waals surface area contributed by atoms with E-state index in [2.05, 4.69) is 12.0 Å². The van der Waals surface area contributed by atoms with E-state index < -0.39 is 5.97 Å². The number of ether oxygens (including phenoxy) is 1. The first kappa shape index (κ1) is 14.5. The molecule has 2 aromatic rings. The Balaban J connectivity index is 2.02. The van der Waals surface area contributed by atoms with Gasteiger partial charge in [-0.25, -0.2) is 9.48 Å². The van der Waals surface area contributed by atoms with Gasteiger partial charge in [0.2, 0.25) is 0 Å². The van der Waals surface area contributed by atoms with Gasteiger partial charge in [-0.1, -0.05) is 19.1 Å². The van der Waals surface area contributed by atoms with Gasteiger partial charge in [-0.3, -0.25) is 0 Å². The maximum atomic E-state index is 11.8. The Morgan fingerprint density at radius 1 is 1.40 bits per heavy atom. The number of para-hydroxylation sites is 2. The number of anilines is 1. The van der Waals surface area contributed by atoms with E-state index in [1.165, 1.54) is 0 Å². The van der Waals surface area contributed by atoms with E-state index in [0.29, 0.717) is 12.3 Å². The number of carbonyl (C=O) groups is 1. The second kappa shape index (κ2) is 7.00. The van der Waals surface area contributed by atoms with Crippen molar-refractivity contribution in [3.63, 3.8) is 0 Å². The second-order valence-corrected chi connectivity index (χ2v) is 5.43. The number of esters is 1. The lowest BCUT2D eigenvalue weighted by atomic mass is 10.3. The normalized spacial score (nSPS) is 10.4. The molecule has 0 aliphatic heterocycles. The highest BCUT2D eigenvalue weighted by atomic mass is 32.2. The Morgan fingerprint density at radius 3 is 2.95 bits per heavy atom. The zero-order valence-electron chi connectivity index (χ0n) is 11.3. The van der Waals surface area contributed by atoms with E-state index in [9.17, 15) is 4.79 Å². The Labute approximate surface area is 122 Å². The van der Waals surface area contributed by atoms with Crippen molar-refractivity contribution >= 4 is 23.4 Å². The fraction of sp³-hybridized carbons (Fsp3) is 0.286. The van der Waals surface area contributed by atoms with Crippen molar-refractivity contribution in [1.82, 2.24) is 9.78 Å². The summed E-state index contributed by atoms with van der Waals surface area (Å²) < 4.78 is 6.72. The minimum atomic E-state index is -0.407. The molecule has 0 saturated carbocycles. The Kier molecular flexibility index (Phi) is 5.06. The molecule has 0 atom stereocenters. The zero-order valence-corrected chi connectivity index (χ0v) is 12.1. The largest absolute Gasteiger partial charge is 0.460 e. The molecule has 0 unspecified atom stereocenters. The van der Waals surface area contributed by atoms with Crippen LogP contribution in [0.4, 0.5) is 5.69 Å². The molecule has 0 aliphatic carbocycles. The number of carbonyl (C=O) groups excluding carboxylic acids is 1. The summed E-state index contributed by atoms with van der Waals surface area (Å²) in [5.41, 5.74) is 7.51. The maximum Gasteiger partial charge on any atom is 0.358 e. The molecule has 106 valence electrons. The summed E-state index contributed by atoms with van der Waals surface area (Å²) in [5, 5.41) is 4.20. The minimum absolute atomic E-state index is 0.287. The quantitative estimate of drug-likeness (QED) is 0.502. The number of rotatable bonds is 6. The van der Waals surface area contributed by atoms with Crippen molar-refractivity contribution in [3.8, 4) is 5.69 Å². The van der Waals surface area contributed by atoms with Gasteiger partial charge in [0.1, 0.15) is 6.61 Å². The molecule has 0 spiro atoms. The molecule has 0 radical (unpaired) electrons. The highest BCUT2D eigenvalue weighted by Crippen LogP contribution is 2.15. The molecule has 1 aromatic carbocycles. The summed E-state index contributed by atoms with van der Waals surface area (Å²) in [4.78, 5) is 11.8. The van der Waals surface area contributed by atoms with Gasteiger partial charge in [0.05, 0.1) is 11.4 Å². The first-order valence-corrected chi connectivity index (χ1v) is 7.53. The summed E-state index contributed by atoms with van der Waals surface area (Å²) in [7, 11) is 0. The molecule has 1 heterocycles. The van der Waals surface area contributed by atoms with E-state index >= 15 is 0 Å². The molecular weight excluding hydrogens is 274 g/mol. The van der Waals surface area contributed by atoms with Crippen LogP contribution >= 0.6 is 11.8 Å². The van der Waals surface area contributed by atoms with Crippen molar-refractivity contribution in [1.29, 1.82) is 0 Å². The van der Waals surface area contributed by atoms with Crippen LogP contribution in [0, 0.1) is 0 Å². The molecule has 0 amide bonds. The van der Waals surface area contributed by atoms with Gasteiger partial charge >= 0.3 is 5.97 Å². The van der Waals surface area contributed by atoms with E-state index in [1.54, 1.807) is 34.8 Å². The SMILES string of the molecule is CCSCCOC(=O)c1ccn(-c2ccccc2N)n1. The Hall–Kier alpha value is -1.95. The lowest BCUT2D eigenvalue weighted by Crippen LogP contribution is -2.09. The molecule has 6 heteroatoms. The van der Waals surface area contributed by atoms with Crippen LogP contribution < -0.4 is 5.73 Å². The number of benzene rings is 1. The number of nitrogen functional groups attached to an aromatic ring is 1. The van der Waals surface area contributed by atoms with Gasteiger partial charge < -0.3 is 10.5 Å². The zero-order chi connectivity index (χ0) is 14.4. The first-order valence-electron chi connectivity index (χ1n) is 6.37. The number of nitrogens with two attached hydrogens (primary N) is 1. The van der Waals surface area contributed by atoms with Crippen molar-refractivity contribution in [2.24, 2.45) is 0 Å². The van der Waals surface area contributed by atoms with E-state index in [0.717, 1.165) is 17.2 Å². The summed E-state index contributed by atoms with van der Waals surface area (Å²) in [6.45, 7) is 2.47. The maximum absolute atomic E-state index is 11.8. The number of thioether (sulfide) groups is 1. The van der Waals surface area contributed by atoms with E-state index in [1.807, 2.05) is 18.2 Å². The van der Waals surface area contributed by atoms with Gasteiger partial charge in [0.25, 0.3) is 0 Å². The first-order chi connectivity index (χ1) is 9.72. The van der Waals surface area contributed by atoms with Gasteiger partial charge in [0.15, 0.2) is 5.69 Å². The smallest absolute Gasteiger partial charge is 0.358 e. The Morgan fingerprint density at radius 2 is 2.20 bits per heavy atom. The molecule has 0 saturated heterocycles. The van der Waals surface area contributed by atoms with Crippen LogP contribution in [-0.2, 0) is 4.74 Å². The van der Waals surface area contributed by atoms with Gasteiger partial charge in [0, 0.05) is 11.9 Å². The van der Waals surface area contributed by atoms with Crippen LogP contribution in [0.15, 0.2) is 36.5 Å². The highest BCUT2D eigenvalue weighted by molar-refractivity contribution is 7.99. The lowest BCUT2D eigenvalue weighted by molar-refractivity contribution is 0.0523. The van der Waals surface area contributed by atoms with Crippen molar-refractivity contribution in [2.45, 2.75) is 6.92 Å². The van der Waals surface area contributed by atoms with Crippen LogP contribution in [-0.4, -0.2) is 33.9 Å². The molecule has 5 nitrogen and oxygen atoms in total. The lowest BCUT2D eigenvalue weighted by Gasteiger charge is -2.04. The van der Waals surface area contributed by atoms with Gasteiger partial charge in [-0.05, 0) is 24.0 Å². The third kappa shape index (κ3) is 3.54. The van der Waals surface area contributed by atoms with Crippen molar-refractivity contribution < 1.29 is 9.53 Å². The van der Waals surface area contributed by atoms with Crippen LogP contribution in [0.3, 0.4) is 0 Å². The number of nitrogens with zero attached hydrogens (tertiary/aromatic N) is 2. The minimum Gasteiger partial charge on any atom is -0.460 e. The monoisotopic (exact) mass is 291 g/mol. The third-order valence-corrected chi connectivity index (χ3v) is 3.51.